The van der Waals surface area contributed by atoms with Crippen molar-refractivity contribution >= 4 is 46.3 Å². The number of hydrogen-bond acceptors (Lipinski definition) is 7. The SMILES string of the molecule is CCOC(=O)/C=C/c1ccc(NC(=O)CSc2nc3ccccc3c(=O)n2Cc2ccco2)cc1. The van der Waals surface area contributed by atoms with Gasteiger partial charge in [0.15, 0.2) is 5.16 Å². The number of anilines is 1. The third-order valence-corrected chi connectivity index (χ3v) is 5.92. The summed E-state index contributed by atoms with van der Waals surface area (Å²) in [5, 5.41) is 3.77. The molecule has 0 spiro atoms. The number of furan rings is 1. The van der Waals surface area contributed by atoms with Crippen LogP contribution in [0.25, 0.3) is 17.0 Å². The Morgan fingerprint density at radius 3 is 2.66 bits per heavy atom. The standard InChI is InChI=1S/C26H23N3O5S/c1-2-33-24(31)14-11-18-9-12-19(13-10-18)27-23(30)17-35-26-28-22-8-4-3-7-21(22)25(32)29(26)16-20-6-5-15-34-20/h3-15H,2,16-17H2,1H3,(H,27,30)/b14-11+. The predicted octanol–water partition coefficient (Wildman–Crippen LogP) is 4.34. The van der Waals surface area contributed by atoms with Gasteiger partial charge in [-0.1, -0.05) is 36.0 Å². The normalized spacial score (nSPS) is 11.1. The molecule has 0 aliphatic heterocycles. The monoisotopic (exact) mass is 489 g/mol. The first-order chi connectivity index (χ1) is 17.0. The van der Waals surface area contributed by atoms with E-state index >= 15 is 0 Å². The van der Waals surface area contributed by atoms with E-state index < -0.39 is 5.97 Å². The lowest BCUT2D eigenvalue weighted by Crippen LogP contribution is -2.24. The summed E-state index contributed by atoms with van der Waals surface area (Å²) in [7, 11) is 0. The van der Waals surface area contributed by atoms with Gasteiger partial charge in [-0.25, -0.2) is 9.78 Å². The van der Waals surface area contributed by atoms with Gasteiger partial charge in [0, 0.05) is 11.8 Å². The molecule has 9 heteroatoms. The maximum absolute atomic E-state index is 13.1. The number of fused-ring (bicyclic) bond motifs is 1. The molecule has 1 N–H and O–H groups in total. The van der Waals surface area contributed by atoms with E-state index in [2.05, 4.69) is 10.3 Å². The van der Waals surface area contributed by atoms with Crippen LogP contribution in [0, 0.1) is 0 Å². The highest BCUT2D eigenvalue weighted by molar-refractivity contribution is 7.99. The van der Waals surface area contributed by atoms with Crippen LogP contribution in [0.3, 0.4) is 0 Å². The van der Waals surface area contributed by atoms with Gasteiger partial charge in [-0.15, -0.1) is 0 Å². The Kier molecular flexibility index (Phi) is 7.79. The molecule has 35 heavy (non-hydrogen) atoms. The van der Waals surface area contributed by atoms with E-state index in [0.717, 1.165) is 5.56 Å². The Morgan fingerprint density at radius 1 is 1.11 bits per heavy atom. The Hall–Kier alpha value is -4.11. The van der Waals surface area contributed by atoms with E-state index in [-0.39, 0.29) is 23.8 Å². The zero-order valence-corrected chi connectivity index (χ0v) is 19.8. The molecule has 2 aromatic carbocycles. The van der Waals surface area contributed by atoms with Gasteiger partial charge in [-0.2, -0.15) is 0 Å². The molecule has 4 aromatic rings. The smallest absolute Gasteiger partial charge is 0.330 e. The van der Waals surface area contributed by atoms with Gasteiger partial charge in [0.2, 0.25) is 5.91 Å². The van der Waals surface area contributed by atoms with Crippen molar-refractivity contribution in [2.24, 2.45) is 0 Å². The number of thioether (sulfide) groups is 1. The summed E-state index contributed by atoms with van der Waals surface area (Å²) >= 11 is 1.18. The van der Waals surface area contributed by atoms with E-state index in [1.807, 2.05) is 6.07 Å². The first-order valence-corrected chi connectivity index (χ1v) is 11.9. The van der Waals surface area contributed by atoms with Crippen molar-refractivity contribution in [1.29, 1.82) is 0 Å². The fraction of sp³-hybridized carbons (Fsp3) is 0.154. The summed E-state index contributed by atoms with van der Waals surface area (Å²) < 4.78 is 11.8. The van der Waals surface area contributed by atoms with Gasteiger partial charge >= 0.3 is 5.97 Å². The van der Waals surface area contributed by atoms with E-state index in [1.165, 1.54) is 22.4 Å². The molecular weight excluding hydrogens is 466 g/mol. The first kappa shape index (κ1) is 24.0. The molecule has 0 fully saturated rings. The molecule has 2 heterocycles. The van der Waals surface area contributed by atoms with Crippen molar-refractivity contribution in [3.05, 3.63) is 94.7 Å². The van der Waals surface area contributed by atoms with Crippen molar-refractivity contribution < 1.29 is 18.7 Å². The lowest BCUT2D eigenvalue weighted by molar-refractivity contribution is -0.137. The molecule has 4 rings (SSSR count). The second-order valence-electron chi connectivity index (χ2n) is 7.43. The third-order valence-electron chi connectivity index (χ3n) is 4.95. The first-order valence-electron chi connectivity index (χ1n) is 10.9. The number of nitrogens with one attached hydrogen (secondary N) is 1. The Morgan fingerprint density at radius 2 is 1.91 bits per heavy atom. The molecule has 8 nitrogen and oxygen atoms in total. The maximum Gasteiger partial charge on any atom is 0.330 e. The number of amides is 1. The van der Waals surface area contributed by atoms with E-state index in [0.29, 0.717) is 34.1 Å². The zero-order chi connectivity index (χ0) is 24.6. The summed E-state index contributed by atoms with van der Waals surface area (Å²) in [6.07, 6.45) is 4.54. The number of carbonyl (C=O) groups excluding carboxylic acids is 2. The Labute approximate surface area is 205 Å². The van der Waals surface area contributed by atoms with Gasteiger partial charge in [0.1, 0.15) is 5.76 Å². The van der Waals surface area contributed by atoms with E-state index in [4.69, 9.17) is 9.15 Å². The van der Waals surface area contributed by atoms with Crippen molar-refractivity contribution in [2.75, 3.05) is 17.7 Å². The van der Waals surface area contributed by atoms with Gasteiger partial charge < -0.3 is 14.5 Å². The number of nitrogens with zero attached hydrogens (tertiary/aromatic N) is 2. The zero-order valence-electron chi connectivity index (χ0n) is 19.0. The molecule has 0 atom stereocenters. The number of ether oxygens (including phenoxy) is 1. The third kappa shape index (κ3) is 6.27. The van der Waals surface area contributed by atoms with Crippen LogP contribution in [-0.4, -0.2) is 33.8 Å². The van der Waals surface area contributed by atoms with Crippen molar-refractivity contribution in [3.8, 4) is 0 Å². The molecule has 0 saturated heterocycles. The van der Waals surface area contributed by atoms with Crippen LogP contribution in [0.2, 0.25) is 0 Å². The van der Waals surface area contributed by atoms with Gasteiger partial charge in [0.25, 0.3) is 5.56 Å². The predicted molar refractivity (Wildman–Crippen MR) is 135 cm³/mol. The summed E-state index contributed by atoms with van der Waals surface area (Å²) in [5.74, 6) is 0.0343. The maximum atomic E-state index is 13.1. The van der Waals surface area contributed by atoms with Crippen LogP contribution < -0.4 is 10.9 Å². The molecule has 0 aliphatic rings. The van der Waals surface area contributed by atoms with Crippen LogP contribution in [-0.2, 0) is 20.9 Å². The van der Waals surface area contributed by atoms with E-state index in [1.54, 1.807) is 73.9 Å². The van der Waals surface area contributed by atoms with Crippen LogP contribution >= 0.6 is 11.8 Å². The highest BCUT2D eigenvalue weighted by Gasteiger charge is 2.14. The number of carbonyl (C=O) groups is 2. The van der Waals surface area contributed by atoms with Gasteiger partial charge in [0.05, 0.1) is 36.1 Å². The molecule has 0 unspecified atom stereocenters. The molecule has 0 bridgehead atoms. The largest absolute Gasteiger partial charge is 0.467 e. The minimum Gasteiger partial charge on any atom is -0.467 e. The molecule has 0 aliphatic carbocycles. The topological polar surface area (TPSA) is 103 Å². The highest BCUT2D eigenvalue weighted by Crippen LogP contribution is 2.20. The number of hydrogen-bond donors (Lipinski definition) is 1. The number of para-hydroxylation sites is 1. The minimum atomic E-state index is -0.408. The number of esters is 1. The molecular formula is C26H23N3O5S. The van der Waals surface area contributed by atoms with Gasteiger partial charge in [-0.05, 0) is 55.0 Å². The summed E-state index contributed by atoms with van der Waals surface area (Å²) in [5.41, 5.74) is 1.79. The molecule has 178 valence electrons. The average Bonchev–Trinajstić information content (AvgIpc) is 3.38. The summed E-state index contributed by atoms with van der Waals surface area (Å²) in [4.78, 5) is 41.7. The van der Waals surface area contributed by atoms with Crippen LogP contribution in [0.4, 0.5) is 5.69 Å². The van der Waals surface area contributed by atoms with Crippen molar-refractivity contribution in [1.82, 2.24) is 9.55 Å². The quantitative estimate of drug-likeness (QED) is 0.161. The fourth-order valence-electron chi connectivity index (χ4n) is 3.32. The Bertz CT molecular complexity index is 1410. The lowest BCUT2D eigenvalue weighted by Gasteiger charge is -2.12. The minimum absolute atomic E-state index is 0.0629. The highest BCUT2D eigenvalue weighted by atomic mass is 32.2. The molecule has 0 radical (unpaired) electrons. The van der Waals surface area contributed by atoms with Crippen LogP contribution in [0.1, 0.15) is 18.2 Å². The van der Waals surface area contributed by atoms with Crippen LogP contribution in [0.5, 0.6) is 0 Å². The van der Waals surface area contributed by atoms with E-state index in [9.17, 15) is 14.4 Å². The second kappa shape index (κ2) is 11.3. The molecule has 2 aromatic heterocycles. The van der Waals surface area contributed by atoms with Crippen LogP contribution in [0.15, 0.2) is 87.4 Å². The summed E-state index contributed by atoms with van der Waals surface area (Å²) in [6, 6.07) is 17.7. The Balaban J connectivity index is 1.45. The number of rotatable bonds is 9. The van der Waals surface area contributed by atoms with Crippen molar-refractivity contribution in [3.63, 3.8) is 0 Å². The second-order valence-corrected chi connectivity index (χ2v) is 8.37. The fourth-order valence-corrected chi connectivity index (χ4v) is 4.11. The lowest BCUT2D eigenvalue weighted by atomic mass is 10.2. The number of aromatic nitrogens is 2. The summed E-state index contributed by atoms with van der Waals surface area (Å²) in [6.45, 7) is 2.28. The molecule has 0 saturated carbocycles. The van der Waals surface area contributed by atoms with Gasteiger partial charge in [-0.3, -0.25) is 14.2 Å². The average molecular weight is 490 g/mol. The van der Waals surface area contributed by atoms with Crippen molar-refractivity contribution in [2.45, 2.75) is 18.6 Å². The molecule has 1 amide bonds. The number of benzene rings is 2.